The van der Waals surface area contributed by atoms with Crippen molar-refractivity contribution in [2.24, 2.45) is 17.1 Å². The lowest BCUT2D eigenvalue weighted by atomic mass is 9.86. The molecule has 5 heteroatoms. The second-order valence-electron chi connectivity index (χ2n) is 6.26. The van der Waals surface area contributed by atoms with Gasteiger partial charge in [-0.05, 0) is 18.3 Å². The van der Waals surface area contributed by atoms with Crippen molar-refractivity contribution in [1.82, 2.24) is 4.90 Å². The molecule has 0 aliphatic rings. The van der Waals surface area contributed by atoms with E-state index < -0.39 is 12.0 Å². The van der Waals surface area contributed by atoms with Gasteiger partial charge >= 0.3 is 5.97 Å². The van der Waals surface area contributed by atoms with Gasteiger partial charge in [0.2, 0.25) is 5.91 Å². The average Bonchev–Trinajstić information content (AvgIpc) is 2.24. The third-order valence-electron chi connectivity index (χ3n) is 2.72. The Morgan fingerprint density at radius 1 is 1.26 bits per heavy atom. The first-order chi connectivity index (χ1) is 8.59. The van der Waals surface area contributed by atoms with Gasteiger partial charge in [0.25, 0.3) is 0 Å². The van der Waals surface area contributed by atoms with Crippen molar-refractivity contribution in [3.8, 4) is 0 Å². The Hall–Kier alpha value is -1.10. The molecule has 0 saturated heterocycles. The predicted octanol–water partition coefficient (Wildman–Crippen LogP) is 1.41. The number of esters is 1. The first-order valence-corrected chi connectivity index (χ1v) is 6.79. The summed E-state index contributed by atoms with van der Waals surface area (Å²) in [6.07, 6.45) is 0. The lowest BCUT2D eigenvalue weighted by molar-refractivity contribution is -0.150. The van der Waals surface area contributed by atoms with Gasteiger partial charge in [0.15, 0.2) is 0 Å². The maximum Gasteiger partial charge on any atom is 0.325 e. The number of nitrogens with two attached hydrogens (primary N) is 1. The number of hydrogen-bond acceptors (Lipinski definition) is 4. The van der Waals surface area contributed by atoms with Crippen molar-refractivity contribution in [3.05, 3.63) is 0 Å². The van der Waals surface area contributed by atoms with Gasteiger partial charge < -0.3 is 15.4 Å². The van der Waals surface area contributed by atoms with E-state index in [2.05, 4.69) is 0 Å². The third-order valence-corrected chi connectivity index (χ3v) is 2.72. The summed E-state index contributed by atoms with van der Waals surface area (Å²) < 4.78 is 4.90. The molecular formula is C14H28N2O3. The summed E-state index contributed by atoms with van der Waals surface area (Å²) in [5.74, 6) is -0.322. The Morgan fingerprint density at radius 2 is 1.79 bits per heavy atom. The predicted molar refractivity (Wildman–Crippen MR) is 75.5 cm³/mol. The summed E-state index contributed by atoms with van der Waals surface area (Å²) in [4.78, 5) is 25.4. The van der Waals surface area contributed by atoms with Crippen molar-refractivity contribution in [1.29, 1.82) is 0 Å². The summed E-state index contributed by atoms with van der Waals surface area (Å²) in [5.41, 5.74) is 5.64. The number of rotatable bonds is 6. The first-order valence-electron chi connectivity index (χ1n) is 6.79. The largest absolute Gasteiger partial charge is 0.465 e. The van der Waals surface area contributed by atoms with Crippen molar-refractivity contribution in [3.63, 3.8) is 0 Å². The maximum atomic E-state index is 12.4. The third kappa shape index (κ3) is 6.57. The smallest absolute Gasteiger partial charge is 0.325 e. The molecule has 5 nitrogen and oxygen atoms in total. The monoisotopic (exact) mass is 272 g/mol. The molecular weight excluding hydrogens is 244 g/mol. The van der Waals surface area contributed by atoms with Gasteiger partial charge in [-0.1, -0.05) is 34.6 Å². The van der Waals surface area contributed by atoms with Crippen LogP contribution in [-0.2, 0) is 14.3 Å². The molecule has 0 aliphatic heterocycles. The molecule has 1 unspecified atom stereocenters. The highest BCUT2D eigenvalue weighted by molar-refractivity contribution is 5.86. The van der Waals surface area contributed by atoms with E-state index in [0.29, 0.717) is 13.2 Å². The van der Waals surface area contributed by atoms with Crippen LogP contribution in [0.15, 0.2) is 0 Å². The summed E-state index contributed by atoms with van der Waals surface area (Å²) >= 11 is 0. The Balaban J connectivity index is 4.84. The fourth-order valence-electron chi connectivity index (χ4n) is 1.60. The molecule has 0 radical (unpaired) electrons. The molecule has 0 aromatic carbocycles. The lowest BCUT2D eigenvalue weighted by Gasteiger charge is -2.32. The number of carbonyl (C=O) groups excluding carboxylic acids is 2. The zero-order valence-corrected chi connectivity index (χ0v) is 13.0. The zero-order valence-electron chi connectivity index (χ0n) is 13.0. The molecule has 0 aliphatic carbocycles. The highest BCUT2D eigenvalue weighted by atomic mass is 16.5. The molecule has 112 valence electrons. The van der Waals surface area contributed by atoms with Gasteiger partial charge in [-0.15, -0.1) is 0 Å². The molecule has 2 N–H and O–H groups in total. The summed E-state index contributed by atoms with van der Waals surface area (Å²) in [6, 6.07) is -0.624. The highest BCUT2D eigenvalue weighted by Crippen LogP contribution is 2.19. The Bertz CT molecular complexity index is 308. The molecule has 1 amide bonds. The quantitative estimate of drug-likeness (QED) is 0.742. The Kier molecular flexibility index (Phi) is 7.05. The number of hydrogen-bond donors (Lipinski definition) is 1. The van der Waals surface area contributed by atoms with Crippen LogP contribution in [0.5, 0.6) is 0 Å². The van der Waals surface area contributed by atoms with E-state index >= 15 is 0 Å². The fraction of sp³-hybridized carbons (Fsp3) is 0.857. The van der Waals surface area contributed by atoms with Crippen LogP contribution < -0.4 is 5.73 Å². The minimum atomic E-state index is -0.624. The van der Waals surface area contributed by atoms with Crippen LogP contribution in [-0.4, -0.2) is 42.5 Å². The summed E-state index contributed by atoms with van der Waals surface area (Å²) in [5, 5.41) is 0. The van der Waals surface area contributed by atoms with Gasteiger partial charge in [0.05, 0.1) is 12.6 Å². The van der Waals surface area contributed by atoms with Crippen LogP contribution in [0.4, 0.5) is 0 Å². The van der Waals surface area contributed by atoms with Crippen LogP contribution >= 0.6 is 0 Å². The highest BCUT2D eigenvalue weighted by Gasteiger charge is 2.32. The van der Waals surface area contributed by atoms with Gasteiger partial charge in [-0.3, -0.25) is 9.59 Å². The van der Waals surface area contributed by atoms with E-state index in [4.69, 9.17) is 10.5 Å². The average molecular weight is 272 g/mol. The maximum absolute atomic E-state index is 12.4. The van der Waals surface area contributed by atoms with Gasteiger partial charge in [-0.2, -0.15) is 0 Å². The molecule has 0 heterocycles. The summed E-state index contributed by atoms with van der Waals surface area (Å²) in [7, 11) is 0. The van der Waals surface area contributed by atoms with Gasteiger partial charge in [-0.25, -0.2) is 0 Å². The SMILES string of the molecule is CCOC(=O)CN(CC(C)C)C(=O)C(N)C(C)(C)C. The molecule has 0 aromatic rings. The molecule has 1 atom stereocenters. The molecule has 0 aromatic heterocycles. The summed E-state index contributed by atoms with van der Waals surface area (Å²) in [6.45, 7) is 12.2. The number of carbonyl (C=O) groups is 2. The van der Waals surface area contributed by atoms with Crippen molar-refractivity contribution >= 4 is 11.9 Å². The van der Waals surface area contributed by atoms with E-state index in [9.17, 15) is 9.59 Å². The van der Waals surface area contributed by atoms with E-state index in [0.717, 1.165) is 0 Å². The molecule has 0 fully saturated rings. The first kappa shape index (κ1) is 17.9. The Morgan fingerprint density at radius 3 is 2.16 bits per heavy atom. The van der Waals surface area contributed by atoms with Crippen LogP contribution in [0.1, 0.15) is 41.5 Å². The van der Waals surface area contributed by atoms with Crippen LogP contribution in [0.2, 0.25) is 0 Å². The molecule has 0 spiro atoms. The number of ether oxygens (including phenoxy) is 1. The Labute approximate surface area is 116 Å². The van der Waals surface area contributed by atoms with Crippen LogP contribution in [0.3, 0.4) is 0 Å². The lowest BCUT2D eigenvalue weighted by Crippen LogP contribution is -2.52. The minimum absolute atomic E-state index is 0.0331. The molecule has 0 saturated carbocycles. The second-order valence-corrected chi connectivity index (χ2v) is 6.26. The zero-order chi connectivity index (χ0) is 15.2. The van der Waals surface area contributed by atoms with Crippen molar-refractivity contribution in [2.45, 2.75) is 47.6 Å². The minimum Gasteiger partial charge on any atom is -0.465 e. The van der Waals surface area contributed by atoms with E-state index in [1.165, 1.54) is 4.90 Å². The van der Waals surface area contributed by atoms with Crippen LogP contribution in [0, 0.1) is 11.3 Å². The second kappa shape index (κ2) is 7.48. The molecule has 0 rings (SSSR count). The van der Waals surface area contributed by atoms with Gasteiger partial charge in [0, 0.05) is 6.54 Å². The topological polar surface area (TPSA) is 72.6 Å². The normalized spacial score (nSPS) is 13.3. The molecule has 0 bridgehead atoms. The fourth-order valence-corrected chi connectivity index (χ4v) is 1.60. The van der Waals surface area contributed by atoms with E-state index in [1.807, 2.05) is 34.6 Å². The number of amides is 1. The van der Waals surface area contributed by atoms with E-state index in [-0.39, 0.29) is 23.8 Å². The number of nitrogens with zero attached hydrogens (tertiary/aromatic N) is 1. The van der Waals surface area contributed by atoms with Crippen molar-refractivity contribution in [2.75, 3.05) is 19.7 Å². The molecule has 19 heavy (non-hydrogen) atoms. The van der Waals surface area contributed by atoms with Crippen LogP contribution in [0.25, 0.3) is 0 Å². The standard InChI is InChI=1S/C14H28N2O3/c1-7-19-11(17)9-16(8-10(2)3)13(18)12(15)14(4,5)6/h10,12H,7-9,15H2,1-6H3. The van der Waals surface area contributed by atoms with Crippen molar-refractivity contribution < 1.29 is 14.3 Å². The van der Waals surface area contributed by atoms with Gasteiger partial charge in [0.1, 0.15) is 6.54 Å². The van der Waals surface area contributed by atoms with E-state index in [1.54, 1.807) is 6.92 Å².